The third-order valence-corrected chi connectivity index (χ3v) is 6.45. The van der Waals surface area contributed by atoms with E-state index < -0.39 is 0 Å². The second-order valence-corrected chi connectivity index (χ2v) is 11.0. The van der Waals surface area contributed by atoms with E-state index in [1.54, 1.807) is 21.7 Å². The standard InChI is InChI=1S/C30H31BrN4O2/c1-21-9-8-12-25(17-21)35-27(18-26(33-35)30(2,3)4)32-28(36)20-34(19-22-10-6-5-7-11-22)29(37)23-13-15-24(31)16-14-23/h5-18H,19-20H2,1-4H3,(H,32,36). The first kappa shape index (κ1) is 26.4. The molecule has 0 aliphatic carbocycles. The van der Waals surface area contributed by atoms with Gasteiger partial charge in [0.1, 0.15) is 12.4 Å². The van der Waals surface area contributed by atoms with Crippen LogP contribution < -0.4 is 5.32 Å². The number of carbonyl (C=O) groups excluding carboxylic acids is 2. The number of aryl methyl sites for hydroxylation is 1. The molecule has 0 fully saturated rings. The number of hydrogen-bond donors (Lipinski definition) is 1. The van der Waals surface area contributed by atoms with Gasteiger partial charge in [0.2, 0.25) is 5.91 Å². The number of aromatic nitrogens is 2. The number of benzene rings is 3. The lowest BCUT2D eigenvalue weighted by Crippen LogP contribution is -2.37. The molecule has 37 heavy (non-hydrogen) atoms. The molecule has 7 heteroatoms. The smallest absolute Gasteiger partial charge is 0.254 e. The Labute approximate surface area is 226 Å². The predicted octanol–water partition coefficient (Wildman–Crippen LogP) is 6.52. The molecule has 0 saturated carbocycles. The Bertz CT molecular complexity index is 1390. The normalized spacial score (nSPS) is 11.3. The van der Waals surface area contributed by atoms with E-state index in [1.807, 2.05) is 79.7 Å². The Morgan fingerprint density at radius 1 is 0.946 bits per heavy atom. The summed E-state index contributed by atoms with van der Waals surface area (Å²) in [7, 11) is 0. The summed E-state index contributed by atoms with van der Waals surface area (Å²) in [6.45, 7) is 8.48. The van der Waals surface area contributed by atoms with Gasteiger partial charge in [0.25, 0.3) is 5.91 Å². The van der Waals surface area contributed by atoms with Crippen molar-refractivity contribution >= 4 is 33.6 Å². The molecule has 0 atom stereocenters. The van der Waals surface area contributed by atoms with Crippen LogP contribution in [-0.4, -0.2) is 33.0 Å². The lowest BCUT2D eigenvalue weighted by atomic mass is 9.92. The van der Waals surface area contributed by atoms with Crippen molar-refractivity contribution in [2.45, 2.75) is 39.7 Å². The van der Waals surface area contributed by atoms with Crippen LogP contribution in [0, 0.1) is 6.92 Å². The molecule has 190 valence electrons. The number of amides is 2. The van der Waals surface area contributed by atoms with E-state index in [2.05, 4.69) is 42.0 Å². The van der Waals surface area contributed by atoms with Gasteiger partial charge in [0.15, 0.2) is 0 Å². The minimum Gasteiger partial charge on any atom is -0.325 e. The topological polar surface area (TPSA) is 67.2 Å². The lowest BCUT2D eigenvalue weighted by molar-refractivity contribution is -0.117. The Balaban J connectivity index is 1.62. The van der Waals surface area contributed by atoms with Crippen LogP contribution in [-0.2, 0) is 16.8 Å². The van der Waals surface area contributed by atoms with Crippen LogP contribution in [0.5, 0.6) is 0 Å². The summed E-state index contributed by atoms with van der Waals surface area (Å²) >= 11 is 3.41. The maximum absolute atomic E-state index is 13.4. The van der Waals surface area contributed by atoms with Gasteiger partial charge in [-0.15, -0.1) is 0 Å². The molecule has 1 heterocycles. The average Bonchev–Trinajstić information content (AvgIpc) is 3.28. The Morgan fingerprint density at radius 2 is 1.65 bits per heavy atom. The van der Waals surface area contributed by atoms with Gasteiger partial charge in [0, 0.05) is 28.1 Å². The van der Waals surface area contributed by atoms with Crippen LogP contribution in [0.2, 0.25) is 0 Å². The molecule has 4 rings (SSSR count). The highest BCUT2D eigenvalue weighted by atomic mass is 79.9. The molecule has 0 saturated heterocycles. The molecule has 0 aliphatic heterocycles. The van der Waals surface area contributed by atoms with Crippen molar-refractivity contribution in [1.82, 2.24) is 14.7 Å². The molecule has 0 radical (unpaired) electrons. The minimum atomic E-state index is -0.296. The maximum atomic E-state index is 13.4. The highest BCUT2D eigenvalue weighted by Crippen LogP contribution is 2.27. The van der Waals surface area contributed by atoms with Crippen LogP contribution >= 0.6 is 15.9 Å². The fourth-order valence-electron chi connectivity index (χ4n) is 3.93. The number of halogens is 1. The molecule has 3 aromatic carbocycles. The Hall–Kier alpha value is -3.71. The Kier molecular flexibility index (Phi) is 7.93. The van der Waals surface area contributed by atoms with Gasteiger partial charge in [-0.3, -0.25) is 9.59 Å². The second-order valence-electron chi connectivity index (χ2n) is 10.1. The van der Waals surface area contributed by atoms with Gasteiger partial charge < -0.3 is 10.2 Å². The van der Waals surface area contributed by atoms with Crippen molar-refractivity contribution in [3.8, 4) is 5.69 Å². The molecule has 1 aromatic heterocycles. The van der Waals surface area contributed by atoms with Crippen molar-refractivity contribution < 1.29 is 9.59 Å². The summed E-state index contributed by atoms with van der Waals surface area (Å²) in [6, 6.07) is 26.7. The molecule has 0 unspecified atom stereocenters. The molecule has 1 N–H and O–H groups in total. The highest BCUT2D eigenvalue weighted by molar-refractivity contribution is 9.10. The zero-order valence-corrected chi connectivity index (χ0v) is 23.1. The van der Waals surface area contributed by atoms with E-state index >= 15 is 0 Å². The predicted molar refractivity (Wildman–Crippen MR) is 151 cm³/mol. The molecule has 0 bridgehead atoms. The van der Waals surface area contributed by atoms with Gasteiger partial charge in [0.05, 0.1) is 11.4 Å². The zero-order chi connectivity index (χ0) is 26.6. The number of rotatable bonds is 7. The minimum absolute atomic E-state index is 0.104. The van der Waals surface area contributed by atoms with Gasteiger partial charge in [-0.1, -0.05) is 79.2 Å². The highest BCUT2D eigenvalue weighted by Gasteiger charge is 2.24. The molecule has 6 nitrogen and oxygen atoms in total. The second kappa shape index (κ2) is 11.1. The van der Waals surface area contributed by atoms with E-state index in [4.69, 9.17) is 5.10 Å². The zero-order valence-electron chi connectivity index (χ0n) is 21.5. The Morgan fingerprint density at radius 3 is 2.30 bits per heavy atom. The van der Waals surface area contributed by atoms with Gasteiger partial charge in [-0.2, -0.15) is 5.10 Å². The van der Waals surface area contributed by atoms with Gasteiger partial charge in [-0.05, 0) is 54.4 Å². The number of anilines is 1. The van der Waals surface area contributed by atoms with E-state index in [1.165, 1.54) is 0 Å². The first-order chi connectivity index (χ1) is 17.6. The summed E-state index contributed by atoms with van der Waals surface area (Å²) < 4.78 is 2.64. The number of nitrogens with zero attached hydrogens (tertiary/aromatic N) is 3. The largest absolute Gasteiger partial charge is 0.325 e. The van der Waals surface area contributed by atoms with Crippen molar-refractivity contribution in [2.75, 3.05) is 11.9 Å². The average molecular weight is 560 g/mol. The molecule has 2 amide bonds. The van der Waals surface area contributed by atoms with Crippen molar-refractivity contribution in [3.05, 3.63) is 112 Å². The van der Waals surface area contributed by atoms with Crippen LogP contribution in [0.3, 0.4) is 0 Å². The molecule has 0 spiro atoms. The first-order valence-electron chi connectivity index (χ1n) is 12.2. The monoisotopic (exact) mass is 558 g/mol. The van der Waals surface area contributed by atoms with E-state index in [9.17, 15) is 9.59 Å². The third-order valence-electron chi connectivity index (χ3n) is 5.92. The summed E-state index contributed by atoms with van der Waals surface area (Å²) in [5.41, 5.74) is 4.07. The molecular weight excluding hydrogens is 528 g/mol. The summed E-state index contributed by atoms with van der Waals surface area (Å²) in [5.74, 6) is 0.0565. The first-order valence-corrected chi connectivity index (χ1v) is 13.0. The summed E-state index contributed by atoms with van der Waals surface area (Å²) in [6.07, 6.45) is 0. The van der Waals surface area contributed by atoms with Crippen molar-refractivity contribution in [3.63, 3.8) is 0 Å². The number of nitrogens with one attached hydrogen (secondary N) is 1. The SMILES string of the molecule is Cc1cccc(-n2nc(C(C)(C)C)cc2NC(=O)CN(Cc2ccccc2)C(=O)c2ccc(Br)cc2)c1. The maximum Gasteiger partial charge on any atom is 0.254 e. The van der Waals surface area contributed by atoms with Crippen LogP contribution in [0.25, 0.3) is 5.69 Å². The summed E-state index contributed by atoms with van der Waals surface area (Å²) in [5, 5.41) is 7.81. The van der Waals surface area contributed by atoms with Crippen molar-refractivity contribution in [2.24, 2.45) is 0 Å². The summed E-state index contributed by atoms with van der Waals surface area (Å²) in [4.78, 5) is 28.3. The number of hydrogen-bond acceptors (Lipinski definition) is 3. The van der Waals surface area contributed by atoms with Gasteiger partial charge in [-0.25, -0.2) is 4.68 Å². The molecular formula is C30H31BrN4O2. The van der Waals surface area contributed by atoms with Crippen LogP contribution in [0.4, 0.5) is 5.82 Å². The van der Waals surface area contributed by atoms with Crippen LogP contribution in [0.15, 0.2) is 89.4 Å². The van der Waals surface area contributed by atoms with Gasteiger partial charge >= 0.3 is 0 Å². The van der Waals surface area contributed by atoms with E-state index in [0.29, 0.717) is 17.9 Å². The third kappa shape index (κ3) is 6.74. The fourth-order valence-corrected chi connectivity index (χ4v) is 4.19. The van der Waals surface area contributed by atoms with E-state index in [0.717, 1.165) is 27.0 Å². The quantitative estimate of drug-likeness (QED) is 0.280. The fraction of sp³-hybridized carbons (Fsp3) is 0.233. The molecule has 4 aromatic rings. The van der Waals surface area contributed by atoms with E-state index in [-0.39, 0.29) is 23.8 Å². The van der Waals surface area contributed by atoms with Crippen molar-refractivity contribution in [1.29, 1.82) is 0 Å². The van der Waals surface area contributed by atoms with Crippen LogP contribution in [0.1, 0.15) is 48.0 Å². The molecule has 0 aliphatic rings. The number of carbonyl (C=O) groups is 2. The lowest BCUT2D eigenvalue weighted by Gasteiger charge is -2.23.